The van der Waals surface area contributed by atoms with E-state index in [0.29, 0.717) is 0 Å². The number of rotatable bonds is 11. The number of hydrogen-bond acceptors (Lipinski definition) is 3. The first-order valence-corrected chi connectivity index (χ1v) is 11.4. The van der Waals surface area contributed by atoms with Gasteiger partial charge in [-0.15, -0.1) is 0 Å². The second-order valence-electron chi connectivity index (χ2n) is 8.74. The van der Waals surface area contributed by atoms with E-state index in [-0.39, 0.29) is 0 Å². The SMILES string of the molecule is CN(C)CCN(CCCc1ccccc1)C1CCN(CCc2ccccc2)CC1. The van der Waals surface area contributed by atoms with Crippen molar-refractivity contribution in [2.24, 2.45) is 0 Å². The Kier molecular flexibility index (Phi) is 9.20. The molecule has 0 aromatic heterocycles. The molecule has 0 amide bonds. The molecule has 29 heavy (non-hydrogen) atoms. The van der Waals surface area contributed by atoms with Crippen LogP contribution in [0.2, 0.25) is 0 Å². The van der Waals surface area contributed by atoms with Crippen molar-refractivity contribution in [2.75, 3.05) is 53.4 Å². The first kappa shape index (κ1) is 22.0. The third-order valence-electron chi connectivity index (χ3n) is 6.22. The van der Waals surface area contributed by atoms with Crippen LogP contribution >= 0.6 is 0 Å². The Morgan fingerprint density at radius 3 is 1.93 bits per heavy atom. The molecule has 0 spiro atoms. The molecule has 1 fully saturated rings. The summed E-state index contributed by atoms with van der Waals surface area (Å²) in [6.45, 7) is 7.25. The molecule has 158 valence electrons. The van der Waals surface area contributed by atoms with Gasteiger partial charge in [0.25, 0.3) is 0 Å². The van der Waals surface area contributed by atoms with Crippen LogP contribution in [0, 0.1) is 0 Å². The monoisotopic (exact) mass is 393 g/mol. The highest BCUT2D eigenvalue weighted by atomic mass is 15.2. The molecule has 1 heterocycles. The lowest BCUT2D eigenvalue weighted by Gasteiger charge is -2.39. The van der Waals surface area contributed by atoms with E-state index in [0.717, 1.165) is 12.6 Å². The number of likely N-dealkylation sites (N-methyl/N-ethyl adjacent to an activating group) is 1. The van der Waals surface area contributed by atoms with E-state index < -0.39 is 0 Å². The fourth-order valence-corrected chi connectivity index (χ4v) is 4.38. The van der Waals surface area contributed by atoms with Gasteiger partial charge < -0.3 is 9.80 Å². The molecule has 0 saturated carbocycles. The Hall–Kier alpha value is -1.68. The third-order valence-corrected chi connectivity index (χ3v) is 6.22. The minimum atomic E-state index is 0.749. The van der Waals surface area contributed by atoms with Crippen molar-refractivity contribution in [3.63, 3.8) is 0 Å². The van der Waals surface area contributed by atoms with Crippen LogP contribution in [-0.4, -0.2) is 74.1 Å². The van der Waals surface area contributed by atoms with Gasteiger partial charge in [0, 0.05) is 25.7 Å². The molecule has 2 aromatic carbocycles. The van der Waals surface area contributed by atoms with Crippen LogP contribution < -0.4 is 0 Å². The molecule has 1 saturated heterocycles. The van der Waals surface area contributed by atoms with Crippen molar-refractivity contribution in [3.8, 4) is 0 Å². The molecule has 1 aliphatic heterocycles. The van der Waals surface area contributed by atoms with Crippen molar-refractivity contribution < 1.29 is 0 Å². The van der Waals surface area contributed by atoms with E-state index in [1.165, 1.54) is 76.0 Å². The lowest BCUT2D eigenvalue weighted by Crippen LogP contribution is -2.47. The van der Waals surface area contributed by atoms with E-state index in [1.54, 1.807) is 0 Å². The average Bonchev–Trinajstić information content (AvgIpc) is 2.76. The van der Waals surface area contributed by atoms with E-state index in [4.69, 9.17) is 0 Å². The van der Waals surface area contributed by atoms with Crippen LogP contribution in [0.1, 0.15) is 30.4 Å². The van der Waals surface area contributed by atoms with Gasteiger partial charge in [0.05, 0.1) is 0 Å². The summed E-state index contributed by atoms with van der Waals surface area (Å²) in [6, 6.07) is 22.6. The summed E-state index contributed by atoms with van der Waals surface area (Å²) in [5.41, 5.74) is 2.93. The predicted octanol–water partition coefficient (Wildman–Crippen LogP) is 4.19. The molecule has 3 heteroatoms. The van der Waals surface area contributed by atoms with Gasteiger partial charge in [0.1, 0.15) is 0 Å². The second kappa shape index (κ2) is 12.1. The zero-order chi connectivity index (χ0) is 20.3. The number of aryl methyl sites for hydroxylation is 1. The van der Waals surface area contributed by atoms with E-state index in [2.05, 4.69) is 89.5 Å². The van der Waals surface area contributed by atoms with Crippen LogP contribution in [0.5, 0.6) is 0 Å². The van der Waals surface area contributed by atoms with Gasteiger partial charge in [-0.25, -0.2) is 0 Å². The lowest BCUT2D eigenvalue weighted by atomic mass is 10.0. The van der Waals surface area contributed by atoms with Crippen molar-refractivity contribution in [3.05, 3.63) is 71.8 Å². The normalized spacial score (nSPS) is 16.0. The van der Waals surface area contributed by atoms with Crippen LogP contribution in [-0.2, 0) is 12.8 Å². The molecule has 0 radical (unpaired) electrons. The number of benzene rings is 2. The van der Waals surface area contributed by atoms with Gasteiger partial charge in [-0.2, -0.15) is 0 Å². The lowest BCUT2D eigenvalue weighted by molar-refractivity contribution is 0.101. The highest BCUT2D eigenvalue weighted by Gasteiger charge is 2.24. The number of likely N-dealkylation sites (tertiary alicyclic amines) is 1. The molecule has 3 nitrogen and oxygen atoms in total. The fourth-order valence-electron chi connectivity index (χ4n) is 4.38. The predicted molar refractivity (Wildman–Crippen MR) is 124 cm³/mol. The van der Waals surface area contributed by atoms with Gasteiger partial charge in [0.2, 0.25) is 0 Å². The quantitative estimate of drug-likeness (QED) is 0.567. The summed E-state index contributed by atoms with van der Waals surface area (Å²) < 4.78 is 0. The first-order valence-electron chi connectivity index (χ1n) is 11.4. The van der Waals surface area contributed by atoms with Crippen LogP contribution in [0.3, 0.4) is 0 Å². The number of piperidine rings is 1. The van der Waals surface area contributed by atoms with E-state index in [9.17, 15) is 0 Å². The Morgan fingerprint density at radius 1 is 0.759 bits per heavy atom. The van der Waals surface area contributed by atoms with Crippen molar-refractivity contribution in [1.82, 2.24) is 14.7 Å². The van der Waals surface area contributed by atoms with Crippen LogP contribution in [0.4, 0.5) is 0 Å². The fraction of sp³-hybridized carbons (Fsp3) is 0.538. The van der Waals surface area contributed by atoms with Gasteiger partial charge in [-0.05, 0) is 77.0 Å². The Balaban J connectivity index is 1.43. The molecule has 0 bridgehead atoms. The van der Waals surface area contributed by atoms with Crippen molar-refractivity contribution in [1.29, 1.82) is 0 Å². The standard InChI is InChI=1S/C26H39N3/c1-27(2)22-23-29(18-9-14-24-10-5-3-6-11-24)26-16-20-28(21-17-26)19-15-25-12-7-4-8-13-25/h3-8,10-13,26H,9,14-23H2,1-2H3. The molecule has 2 aromatic rings. The average molecular weight is 394 g/mol. The highest BCUT2D eigenvalue weighted by Crippen LogP contribution is 2.18. The maximum absolute atomic E-state index is 2.78. The van der Waals surface area contributed by atoms with E-state index >= 15 is 0 Å². The van der Waals surface area contributed by atoms with Crippen molar-refractivity contribution >= 4 is 0 Å². The van der Waals surface area contributed by atoms with Crippen LogP contribution in [0.25, 0.3) is 0 Å². The molecular formula is C26H39N3. The highest BCUT2D eigenvalue weighted by molar-refractivity contribution is 5.15. The molecule has 3 rings (SSSR count). The Morgan fingerprint density at radius 2 is 1.34 bits per heavy atom. The molecule has 0 unspecified atom stereocenters. The molecule has 0 atom stereocenters. The molecule has 0 N–H and O–H groups in total. The minimum absolute atomic E-state index is 0.749. The Bertz CT molecular complexity index is 663. The van der Waals surface area contributed by atoms with Crippen molar-refractivity contribution in [2.45, 2.75) is 38.1 Å². The third kappa shape index (κ3) is 7.93. The van der Waals surface area contributed by atoms with Gasteiger partial charge in [0.15, 0.2) is 0 Å². The van der Waals surface area contributed by atoms with Gasteiger partial charge >= 0.3 is 0 Å². The number of hydrogen-bond donors (Lipinski definition) is 0. The first-order chi connectivity index (χ1) is 14.2. The second-order valence-corrected chi connectivity index (χ2v) is 8.74. The largest absolute Gasteiger partial charge is 0.308 e. The van der Waals surface area contributed by atoms with E-state index in [1.807, 2.05) is 0 Å². The summed E-state index contributed by atoms with van der Waals surface area (Å²) in [5.74, 6) is 0. The zero-order valence-corrected chi connectivity index (χ0v) is 18.5. The summed E-state index contributed by atoms with van der Waals surface area (Å²) in [7, 11) is 4.38. The van der Waals surface area contributed by atoms with Gasteiger partial charge in [-0.1, -0.05) is 60.7 Å². The summed E-state index contributed by atoms with van der Waals surface area (Å²) in [6.07, 6.45) is 6.24. The zero-order valence-electron chi connectivity index (χ0n) is 18.5. The van der Waals surface area contributed by atoms with Crippen LogP contribution in [0.15, 0.2) is 60.7 Å². The Labute approximate surface area is 178 Å². The summed E-state index contributed by atoms with van der Waals surface area (Å²) in [5, 5.41) is 0. The minimum Gasteiger partial charge on any atom is -0.308 e. The molecule has 0 aliphatic carbocycles. The topological polar surface area (TPSA) is 9.72 Å². The summed E-state index contributed by atoms with van der Waals surface area (Å²) in [4.78, 5) is 7.76. The van der Waals surface area contributed by atoms with Gasteiger partial charge in [-0.3, -0.25) is 4.90 Å². The maximum atomic E-state index is 2.78. The number of nitrogens with zero attached hydrogens (tertiary/aromatic N) is 3. The molecule has 1 aliphatic rings. The molecular weight excluding hydrogens is 354 g/mol. The smallest absolute Gasteiger partial charge is 0.0120 e. The summed E-state index contributed by atoms with van der Waals surface area (Å²) >= 11 is 0. The maximum Gasteiger partial charge on any atom is 0.0120 e.